The molecule has 96 valence electrons. The molecule has 2 rings (SSSR count). The lowest BCUT2D eigenvalue weighted by atomic mass is 10.2. The molecule has 2 aromatic rings. The van der Waals surface area contributed by atoms with Crippen molar-refractivity contribution in [2.75, 3.05) is 6.61 Å². The van der Waals surface area contributed by atoms with Crippen molar-refractivity contribution in [3.63, 3.8) is 0 Å². The number of nitrogens with zero attached hydrogens (tertiary/aromatic N) is 1. The molecule has 0 saturated heterocycles. The van der Waals surface area contributed by atoms with Gasteiger partial charge >= 0.3 is 0 Å². The molecule has 0 fully saturated rings. The first-order chi connectivity index (χ1) is 8.72. The predicted octanol–water partition coefficient (Wildman–Crippen LogP) is 4.40. The van der Waals surface area contributed by atoms with Gasteiger partial charge in [0.2, 0.25) is 0 Å². The maximum atomic E-state index is 5.78. The van der Waals surface area contributed by atoms with Crippen LogP contribution in [0.25, 0.3) is 10.9 Å². The zero-order chi connectivity index (χ0) is 13.0. The van der Waals surface area contributed by atoms with Gasteiger partial charge in [0.25, 0.3) is 0 Å². The first-order valence-corrected chi connectivity index (χ1v) is 6.56. The van der Waals surface area contributed by atoms with Crippen LogP contribution in [0.1, 0.15) is 27.2 Å². The Morgan fingerprint density at radius 1 is 1.28 bits per heavy atom. The van der Waals surface area contributed by atoms with Crippen molar-refractivity contribution in [1.82, 2.24) is 4.57 Å². The van der Waals surface area contributed by atoms with E-state index in [9.17, 15) is 0 Å². The van der Waals surface area contributed by atoms with Gasteiger partial charge in [0, 0.05) is 18.1 Å². The van der Waals surface area contributed by atoms with Gasteiger partial charge in [0.05, 0.1) is 12.1 Å². The summed E-state index contributed by atoms with van der Waals surface area (Å²) in [4.78, 5) is 0. The first-order valence-electron chi connectivity index (χ1n) is 6.56. The molecule has 0 bridgehead atoms. The Morgan fingerprint density at radius 3 is 2.83 bits per heavy atom. The van der Waals surface area contributed by atoms with Crippen molar-refractivity contribution >= 4 is 10.9 Å². The number of hydrogen-bond acceptors (Lipinski definition) is 1. The van der Waals surface area contributed by atoms with E-state index in [2.05, 4.69) is 55.8 Å². The summed E-state index contributed by atoms with van der Waals surface area (Å²) in [5, 5.41) is 1.20. The minimum atomic E-state index is 0.776. The van der Waals surface area contributed by atoms with E-state index in [1.165, 1.54) is 16.5 Å². The topological polar surface area (TPSA) is 14.2 Å². The van der Waals surface area contributed by atoms with Crippen molar-refractivity contribution < 1.29 is 4.74 Å². The summed E-state index contributed by atoms with van der Waals surface area (Å²) < 4.78 is 8.03. The van der Waals surface area contributed by atoms with E-state index in [0.717, 1.165) is 25.3 Å². The van der Waals surface area contributed by atoms with E-state index in [0.29, 0.717) is 0 Å². The highest BCUT2D eigenvalue weighted by Crippen LogP contribution is 2.26. The first kappa shape index (κ1) is 12.7. The fourth-order valence-electron chi connectivity index (χ4n) is 1.97. The monoisotopic (exact) mass is 243 g/mol. The standard InChI is InChI=1S/C16H21NO/c1-4-12-18-16-7-5-6-15-14(16)9-11-17(15)10-8-13(2)3/h5-9,11H,4,10,12H2,1-3H3. The van der Waals surface area contributed by atoms with Crippen molar-refractivity contribution in [1.29, 1.82) is 0 Å². The van der Waals surface area contributed by atoms with Crippen LogP contribution >= 0.6 is 0 Å². The Kier molecular flexibility index (Phi) is 4.08. The summed E-state index contributed by atoms with van der Waals surface area (Å²) in [5.74, 6) is 0.991. The highest BCUT2D eigenvalue weighted by molar-refractivity contribution is 5.86. The largest absolute Gasteiger partial charge is 0.493 e. The fourth-order valence-corrected chi connectivity index (χ4v) is 1.97. The van der Waals surface area contributed by atoms with Crippen molar-refractivity contribution in [3.05, 3.63) is 42.1 Å². The molecule has 0 spiro atoms. The summed E-state index contributed by atoms with van der Waals surface area (Å²) in [5.41, 5.74) is 2.58. The summed E-state index contributed by atoms with van der Waals surface area (Å²) in [7, 11) is 0. The van der Waals surface area contributed by atoms with E-state index < -0.39 is 0 Å². The summed E-state index contributed by atoms with van der Waals surface area (Å²) in [6.07, 6.45) is 5.40. The lowest BCUT2D eigenvalue weighted by Crippen LogP contribution is -1.96. The molecule has 2 heteroatoms. The molecule has 0 atom stereocenters. The van der Waals surface area contributed by atoms with E-state index >= 15 is 0 Å². The molecule has 0 radical (unpaired) electrons. The molecule has 1 aromatic heterocycles. The smallest absolute Gasteiger partial charge is 0.128 e. The van der Waals surface area contributed by atoms with Gasteiger partial charge < -0.3 is 9.30 Å². The Bertz CT molecular complexity index is 547. The van der Waals surface area contributed by atoms with Crippen LogP contribution in [0.2, 0.25) is 0 Å². The number of aromatic nitrogens is 1. The van der Waals surface area contributed by atoms with E-state index in [-0.39, 0.29) is 0 Å². The van der Waals surface area contributed by atoms with Crippen molar-refractivity contribution in [3.8, 4) is 5.75 Å². The normalized spacial score (nSPS) is 10.6. The molecule has 0 aliphatic heterocycles. The third kappa shape index (κ3) is 2.76. The van der Waals surface area contributed by atoms with Crippen LogP contribution < -0.4 is 4.74 Å². The predicted molar refractivity (Wildman–Crippen MR) is 77.2 cm³/mol. The molecule has 0 saturated carbocycles. The fraction of sp³-hybridized carbons (Fsp3) is 0.375. The average molecular weight is 243 g/mol. The minimum Gasteiger partial charge on any atom is -0.493 e. The molecule has 18 heavy (non-hydrogen) atoms. The second kappa shape index (κ2) is 5.76. The van der Waals surface area contributed by atoms with Crippen molar-refractivity contribution in [2.24, 2.45) is 0 Å². The van der Waals surface area contributed by atoms with Crippen LogP contribution in [0.3, 0.4) is 0 Å². The second-order valence-electron chi connectivity index (χ2n) is 4.79. The molecular formula is C16H21NO. The Hall–Kier alpha value is -1.70. The quantitative estimate of drug-likeness (QED) is 0.710. The van der Waals surface area contributed by atoms with Gasteiger partial charge in [-0.2, -0.15) is 0 Å². The molecule has 2 nitrogen and oxygen atoms in total. The molecule has 1 heterocycles. The molecule has 0 N–H and O–H groups in total. The highest BCUT2D eigenvalue weighted by Gasteiger charge is 2.05. The van der Waals surface area contributed by atoms with E-state index in [1.54, 1.807) is 0 Å². The Morgan fingerprint density at radius 2 is 2.11 bits per heavy atom. The third-order valence-electron chi connectivity index (χ3n) is 2.93. The van der Waals surface area contributed by atoms with Gasteiger partial charge in [-0.15, -0.1) is 0 Å². The van der Waals surface area contributed by atoms with Gasteiger partial charge in [-0.25, -0.2) is 0 Å². The highest BCUT2D eigenvalue weighted by atomic mass is 16.5. The van der Waals surface area contributed by atoms with Crippen LogP contribution in [0.5, 0.6) is 5.75 Å². The van der Waals surface area contributed by atoms with Gasteiger partial charge in [0.15, 0.2) is 0 Å². The zero-order valence-electron chi connectivity index (χ0n) is 11.4. The molecule has 0 amide bonds. The maximum Gasteiger partial charge on any atom is 0.128 e. The van der Waals surface area contributed by atoms with Crippen molar-refractivity contribution in [2.45, 2.75) is 33.7 Å². The van der Waals surface area contributed by atoms with Crippen LogP contribution in [0.4, 0.5) is 0 Å². The maximum absolute atomic E-state index is 5.78. The number of ether oxygens (including phenoxy) is 1. The Balaban J connectivity index is 2.32. The van der Waals surface area contributed by atoms with Gasteiger partial charge in [-0.05, 0) is 38.5 Å². The molecule has 0 unspecified atom stereocenters. The molecule has 0 aliphatic rings. The number of allylic oxidation sites excluding steroid dienone is 2. The van der Waals surface area contributed by atoms with Crippen LogP contribution in [-0.4, -0.2) is 11.2 Å². The average Bonchev–Trinajstić information content (AvgIpc) is 2.77. The number of benzene rings is 1. The number of hydrogen-bond donors (Lipinski definition) is 0. The molecule has 1 aromatic carbocycles. The minimum absolute atomic E-state index is 0.776. The van der Waals surface area contributed by atoms with E-state index in [1.807, 2.05) is 6.07 Å². The van der Waals surface area contributed by atoms with Crippen LogP contribution in [0, 0.1) is 0 Å². The Labute approximate surface area is 109 Å². The number of rotatable bonds is 5. The SMILES string of the molecule is CCCOc1cccc2c1ccn2CC=C(C)C. The lowest BCUT2D eigenvalue weighted by Gasteiger charge is -2.07. The lowest BCUT2D eigenvalue weighted by molar-refractivity contribution is 0.321. The summed E-state index contributed by atoms with van der Waals surface area (Å²) in [6.45, 7) is 8.07. The summed E-state index contributed by atoms with van der Waals surface area (Å²) >= 11 is 0. The number of fused-ring (bicyclic) bond motifs is 1. The zero-order valence-corrected chi connectivity index (χ0v) is 11.4. The summed E-state index contributed by atoms with van der Waals surface area (Å²) in [6, 6.07) is 8.39. The van der Waals surface area contributed by atoms with Crippen LogP contribution in [-0.2, 0) is 6.54 Å². The molecular weight excluding hydrogens is 222 g/mol. The van der Waals surface area contributed by atoms with E-state index in [4.69, 9.17) is 4.74 Å². The molecule has 0 aliphatic carbocycles. The third-order valence-corrected chi connectivity index (χ3v) is 2.93. The second-order valence-corrected chi connectivity index (χ2v) is 4.79. The van der Waals surface area contributed by atoms with Gasteiger partial charge in [-0.1, -0.05) is 24.6 Å². The van der Waals surface area contributed by atoms with Gasteiger partial charge in [-0.3, -0.25) is 0 Å². The van der Waals surface area contributed by atoms with Gasteiger partial charge in [0.1, 0.15) is 5.75 Å². The van der Waals surface area contributed by atoms with Crippen LogP contribution in [0.15, 0.2) is 42.1 Å².